The summed E-state index contributed by atoms with van der Waals surface area (Å²) in [7, 11) is 0. The molecule has 2 heterocycles. The second kappa shape index (κ2) is 21.9. The number of carbonyl (C=O) groups excluding carboxylic acids is 5. The fraction of sp³-hybridized carbons (Fsp3) is 0.615. The Morgan fingerprint density at radius 3 is 2.09 bits per heavy atom. The maximum atomic E-state index is 14.0. The first-order chi connectivity index (χ1) is 26.1. The maximum Gasteiger partial charge on any atom is 0.326 e. The summed E-state index contributed by atoms with van der Waals surface area (Å²) in [5, 5.41) is 37.8. The average Bonchev–Trinajstić information content (AvgIpc) is 3.87. The molecule has 0 spiro atoms. The molecule has 1 aromatic heterocycles. The number of hydrogen-bond donors (Lipinski definition) is 9. The fourth-order valence-corrected chi connectivity index (χ4v) is 6.47. The standard InChI is InChI=1S/C39H60N8O8/c1-7-24(6)34(39(54)55)47-38(53)33(23(4)5)46-32(49)19-31(48)28(16-22(2)3)43-37(52)30(18-26-20-40-21-42-26)45-36(51)29(17-25-12-9-8-10-13-25)44-35(50)27-14-11-15-41-27/h8-10,12-13,20-24,27-31,33-34,41,48H,7,11,14-19H2,1-6H3,(H,40,42)(H,43,52)(H,44,50)(H,45,51)(H,46,49)(H,47,53)(H,54,55)/t24-,27-,28-,29-,30-,31-,33-,34-/m0/s1. The fourth-order valence-electron chi connectivity index (χ4n) is 6.47. The molecular formula is C39H60N8O8. The number of carboxylic acids is 1. The van der Waals surface area contributed by atoms with Gasteiger partial charge in [-0.05, 0) is 49.1 Å². The van der Waals surface area contributed by atoms with Gasteiger partial charge in [0.05, 0.1) is 30.9 Å². The van der Waals surface area contributed by atoms with E-state index < -0.39 is 84.3 Å². The summed E-state index contributed by atoms with van der Waals surface area (Å²) in [6.07, 6.45) is 3.56. The van der Waals surface area contributed by atoms with Crippen LogP contribution in [0, 0.1) is 17.8 Å². The van der Waals surface area contributed by atoms with Crippen molar-refractivity contribution in [2.45, 2.75) is 129 Å². The van der Waals surface area contributed by atoms with Gasteiger partial charge in [0, 0.05) is 24.7 Å². The zero-order valence-electron chi connectivity index (χ0n) is 32.8. The largest absolute Gasteiger partial charge is 0.480 e. The zero-order valence-corrected chi connectivity index (χ0v) is 32.8. The number of H-pyrrole nitrogens is 1. The number of benzene rings is 1. The van der Waals surface area contributed by atoms with E-state index >= 15 is 0 Å². The summed E-state index contributed by atoms with van der Waals surface area (Å²) >= 11 is 0. The average molecular weight is 769 g/mol. The second-order valence-corrected chi connectivity index (χ2v) is 15.3. The number of aliphatic hydroxyl groups excluding tert-OH is 1. The summed E-state index contributed by atoms with van der Waals surface area (Å²) in [5.41, 5.74) is 1.36. The molecule has 3 rings (SSSR count). The highest BCUT2D eigenvalue weighted by atomic mass is 16.4. The van der Waals surface area contributed by atoms with E-state index in [2.05, 4.69) is 41.9 Å². The molecule has 1 aliphatic rings. The van der Waals surface area contributed by atoms with Crippen LogP contribution in [0.1, 0.15) is 84.9 Å². The van der Waals surface area contributed by atoms with Gasteiger partial charge in [-0.3, -0.25) is 24.0 Å². The summed E-state index contributed by atoms with van der Waals surface area (Å²) < 4.78 is 0. The Hall–Kier alpha value is -4.83. The van der Waals surface area contributed by atoms with Gasteiger partial charge in [0.2, 0.25) is 29.5 Å². The number of aliphatic hydroxyl groups is 1. The number of carboxylic acid groups (broad SMARTS) is 1. The van der Waals surface area contributed by atoms with Gasteiger partial charge >= 0.3 is 5.97 Å². The van der Waals surface area contributed by atoms with Crippen LogP contribution in [-0.2, 0) is 41.6 Å². The molecule has 0 radical (unpaired) electrons. The Labute approximate surface area is 323 Å². The van der Waals surface area contributed by atoms with Crippen molar-refractivity contribution >= 4 is 35.5 Å². The van der Waals surface area contributed by atoms with E-state index in [0.717, 1.165) is 12.0 Å². The predicted molar refractivity (Wildman–Crippen MR) is 205 cm³/mol. The number of nitrogens with zero attached hydrogens (tertiary/aromatic N) is 1. The van der Waals surface area contributed by atoms with E-state index in [1.54, 1.807) is 20.8 Å². The van der Waals surface area contributed by atoms with Gasteiger partial charge in [0.15, 0.2) is 0 Å². The van der Waals surface area contributed by atoms with Crippen molar-refractivity contribution in [2.75, 3.05) is 6.54 Å². The minimum atomic E-state index is -1.39. The Bertz CT molecular complexity index is 1550. The zero-order chi connectivity index (χ0) is 40.7. The molecule has 5 amide bonds. The molecule has 304 valence electrons. The Kier molecular flexibility index (Phi) is 17.7. The molecule has 1 fully saturated rings. The highest BCUT2D eigenvalue weighted by Gasteiger charge is 2.35. The highest BCUT2D eigenvalue weighted by molar-refractivity contribution is 5.94. The van der Waals surface area contributed by atoms with Gasteiger partial charge < -0.3 is 47.1 Å². The molecule has 8 atom stereocenters. The number of amides is 5. The van der Waals surface area contributed by atoms with Crippen LogP contribution in [0.4, 0.5) is 0 Å². The molecule has 55 heavy (non-hydrogen) atoms. The number of aromatic amines is 1. The lowest BCUT2D eigenvalue weighted by atomic mass is 9.95. The van der Waals surface area contributed by atoms with Gasteiger partial charge in [0.1, 0.15) is 24.2 Å². The molecule has 16 nitrogen and oxygen atoms in total. The lowest BCUT2D eigenvalue weighted by molar-refractivity contribution is -0.144. The van der Waals surface area contributed by atoms with Crippen molar-refractivity contribution in [1.29, 1.82) is 0 Å². The first kappa shape index (κ1) is 44.6. The van der Waals surface area contributed by atoms with Crippen molar-refractivity contribution in [2.24, 2.45) is 17.8 Å². The third kappa shape index (κ3) is 14.4. The predicted octanol–water partition coefficient (Wildman–Crippen LogP) is 0.955. The summed E-state index contributed by atoms with van der Waals surface area (Å²) in [5.74, 6) is -4.80. The molecule has 9 N–H and O–H groups in total. The van der Waals surface area contributed by atoms with Crippen LogP contribution in [-0.4, -0.2) is 105 Å². The number of aliphatic carboxylic acids is 1. The molecule has 1 aromatic carbocycles. The van der Waals surface area contributed by atoms with Crippen LogP contribution in [0.5, 0.6) is 0 Å². The second-order valence-electron chi connectivity index (χ2n) is 15.3. The van der Waals surface area contributed by atoms with Crippen LogP contribution in [0.25, 0.3) is 0 Å². The van der Waals surface area contributed by atoms with E-state index in [9.17, 15) is 39.0 Å². The van der Waals surface area contributed by atoms with Crippen LogP contribution >= 0.6 is 0 Å². The summed E-state index contributed by atoms with van der Waals surface area (Å²) in [4.78, 5) is 86.3. The van der Waals surface area contributed by atoms with E-state index in [-0.39, 0.29) is 37.0 Å². The van der Waals surface area contributed by atoms with Crippen LogP contribution < -0.4 is 31.9 Å². The van der Waals surface area contributed by atoms with Crippen molar-refractivity contribution < 1.29 is 39.0 Å². The normalized spacial score (nSPS) is 17.9. The molecular weight excluding hydrogens is 708 g/mol. The van der Waals surface area contributed by atoms with Gasteiger partial charge in [-0.15, -0.1) is 0 Å². The Morgan fingerprint density at radius 1 is 0.855 bits per heavy atom. The minimum absolute atomic E-state index is 0.0118. The third-order valence-electron chi connectivity index (χ3n) is 9.86. The van der Waals surface area contributed by atoms with Gasteiger partial charge in [-0.1, -0.05) is 78.3 Å². The molecule has 2 aromatic rings. The number of imidazole rings is 1. The van der Waals surface area contributed by atoms with E-state index in [1.807, 2.05) is 51.1 Å². The van der Waals surface area contributed by atoms with Crippen LogP contribution in [0.15, 0.2) is 42.9 Å². The first-order valence-corrected chi connectivity index (χ1v) is 19.3. The number of carbonyl (C=O) groups is 6. The molecule has 1 aliphatic heterocycles. The summed E-state index contributed by atoms with van der Waals surface area (Å²) in [6, 6.07) is 3.46. The van der Waals surface area contributed by atoms with Crippen molar-refractivity contribution in [3.05, 3.63) is 54.1 Å². The molecule has 0 unspecified atom stereocenters. The quantitative estimate of drug-likeness (QED) is 0.0822. The van der Waals surface area contributed by atoms with Gasteiger partial charge in [0.25, 0.3) is 0 Å². The van der Waals surface area contributed by atoms with Crippen molar-refractivity contribution in [3.8, 4) is 0 Å². The Morgan fingerprint density at radius 2 is 1.53 bits per heavy atom. The monoisotopic (exact) mass is 768 g/mol. The number of aromatic nitrogens is 2. The first-order valence-electron chi connectivity index (χ1n) is 19.3. The smallest absolute Gasteiger partial charge is 0.326 e. The molecule has 1 saturated heterocycles. The Balaban J connectivity index is 1.77. The van der Waals surface area contributed by atoms with E-state index in [0.29, 0.717) is 25.1 Å². The third-order valence-corrected chi connectivity index (χ3v) is 9.86. The van der Waals surface area contributed by atoms with Crippen molar-refractivity contribution in [1.82, 2.24) is 41.9 Å². The van der Waals surface area contributed by atoms with Crippen LogP contribution in [0.3, 0.4) is 0 Å². The SMILES string of the molecule is CC[C@H](C)[C@H](NC(=O)[C@@H](NC(=O)C[C@H](O)[C@H](CC(C)C)NC(=O)[C@H](Cc1cnc[nH]1)NC(=O)[C@H](Cc1ccccc1)NC(=O)[C@@H]1CCCN1)C(C)C)C(=O)O. The van der Waals surface area contributed by atoms with Crippen molar-refractivity contribution in [3.63, 3.8) is 0 Å². The van der Waals surface area contributed by atoms with E-state index in [4.69, 9.17) is 0 Å². The topological polar surface area (TPSA) is 244 Å². The maximum absolute atomic E-state index is 14.0. The molecule has 16 heteroatoms. The number of nitrogens with one attached hydrogen (secondary N) is 7. The van der Waals surface area contributed by atoms with Gasteiger partial charge in [-0.25, -0.2) is 9.78 Å². The molecule has 0 bridgehead atoms. The molecule has 0 aliphatic carbocycles. The van der Waals surface area contributed by atoms with Gasteiger partial charge in [-0.2, -0.15) is 0 Å². The molecule has 0 saturated carbocycles. The van der Waals surface area contributed by atoms with Crippen LogP contribution in [0.2, 0.25) is 0 Å². The minimum Gasteiger partial charge on any atom is -0.480 e. The summed E-state index contributed by atoms with van der Waals surface area (Å²) in [6.45, 7) is 11.4. The number of rotatable bonds is 22. The highest BCUT2D eigenvalue weighted by Crippen LogP contribution is 2.15. The lowest BCUT2D eigenvalue weighted by Gasteiger charge is -2.30. The lowest BCUT2D eigenvalue weighted by Crippen LogP contribution is -2.59. The van der Waals surface area contributed by atoms with E-state index in [1.165, 1.54) is 12.5 Å². The number of hydrogen-bond acceptors (Lipinski definition) is 9.